The Morgan fingerprint density at radius 2 is 1.95 bits per heavy atom. The molecular weight excluding hydrogens is 477 g/mol. The van der Waals surface area contributed by atoms with Crippen LogP contribution in [0.15, 0.2) is 23.8 Å². The molecule has 0 heterocycles. The van der Waals surface area contributed by atoms with Crippen molar-refractivity contribution in [3.63, 3.8) is 0 Å². The fourth-order valence-electron chi connectivity index (χ4n) is 8.17. The molecule has 4 aliphatic carbocycles. The number of unbranched alkanes of at least 4 members (excludes halogenated alkanes) is 3. The van der Waals surface area contributed by atoms with E-state index >= 15 is 4.39 Å². The molecule has 0 bridgehead atoms. The van der Waals surface area contributed by atoms with Gasteiger partial charge < -0.3 is 20.3 Å². The summed E-state index contributed by atoms with van der Waals surface area (Å²) in [4.78, 5) is 37.6. The van der Waals surface area contributed by atoms with Crippen molar-refractivity contribution in [2.75, 3.05) is 13.2 Å². The van der Waals surface area contributed by atoms with Crippen molar-refractivity contribution in [1.29, 1.82) is 0 Å². The Morgan fingerprint density at radius 1 is 1.22 bits per heavy atom. The maximum atomic E-state index is 17.2. The van der Waals surface area contributed by atoms with E-state index in [1.165, 1.54) is 12.2 Å². The van der Waals surface area contributed by atoms with Gasteiger partial charge in [0.2, 0.25) is 5.78 Å². The number of hydrogen-bond donors (Lipinski definition) is 3. The molecule has 0 radical (unpaired) electrons. The molecule has 0 saturated heterocycles. The van der Waals surface area contributed by atoms with Crippen LogP contribution in [0, 0.1) is 28.6 Å². The zero-order chi connectivity index (χ0) is 27.2. The highest BCUT2D eigenvalue weighted by Crippen LogP contribution is 2.70. The Bertz CT molecular complexity index is 1010. The number of carbonyl (C=O) groups is 3. The topological polar surface area (TPSA) is 113 Å². The lowest BCUT2D eigenvalue weighted by Gasteiger charge is -2.62. The Labute approximate surface area is 218 Å². The van der Waals surface area contributed by atoms with E-state index in [1.54, 1.807) is 26.8 Å². The molecule has 0 aromatic rings. The number of alkyl halides is 1. The first-order valence-electron chi connectivity index (χ1n) is 13.8. The molecule has 3 N–H and O–H groups in total. The van der Waals surface area contributed by atoms with Gasteiger partial charge in [0.15, 0.2) is 18.1 Å². The molecule has 2 unspecified atom stereocenters. The van der Waals surface area contributed by atoms with Crippen molar-refractivity contribution in [3.05, 3.63) is 23.8 Å². The Kier molecular flexibility index (Phi) is 7.49. The van der Waals surface area contributed by atoms with Gasteiger partial charge in [-0.25, -0.2) is 9.18 Å². The average Bonchev–Trinajstić information content (AvgIpc) is 3.05. The molecule has 3 saturated carbocycles. The van der Waals surface area contributed by atoms with Crippen molar-refractivity contribution in [2.45, 2.75) is 96.4 Å². The first-order chi connectivity index (χ1) is 17.4. The van der Waals surface area contributed by atoms with Gasteiger partial charge in [0, 0.05) is 23.3 Å². The molecular formula is C29H42FNO6. The van der Waals surface area contributed by atoms with Crippen LogP contribution >= 0.6 is 0 Å². The summed E-state index contributed by atoms with van der Waals surface area (Å²) in [6.07, 6.45) is 7.54. The number of alkyl carbamates (subject to hydrolysis) is 1. The van der Waals surface area contributed by atoms with Crippen LogP contribution in [-0.4, -0.2) is 58.4 Å². The number of amides is 1. The van der Waals surface area contributed by atoms with Crippen molar-refractivity contribution in [2.24, 2.45) is 28.6 Å². The number of carbonyl (C=O) groups excluding carboxylic acids is 3. The van der Waals surface area contributed by atoms with Crippen LogP contribution in [0.2, 0.25) is 0 Å². The number of ketones is 2. The van der Waals surface area contributed by atoms with E-state index in [-0.39, 0.29) is 18.1 Å². The number of allylic oxidation sites excluding steroid dienone is 4. The monoisotopic (exact) mass is 519 g/mol. The molecule has 7 nitrogen and oxygen atoms in total. The lowest BCUT2D eigenvalue weighted by Crippen LogP contribution is -2.69. The molecule has 1 amide bonds. The molecule has 37 heavy (non-hydrogen) atoms. The van der Waals surface area contributed by atoms with E-state index in [0.29, 0.717) is 31.4 Å². The van der Waals surface area contributed by atoms with Crippen LogP contribution in [0.3, 0.4) is 0 Å². The molecule has 0 aliphatic heterocycles. The maximum absolute atomic E-state index is 17.2. The second-order valence-corrected chi connectivity index (χ2v) is 12.2. The minimum Gasteiger partial charge on any atom is -0.441 e. The number of halogens is 1. The van der Waals surface area contributed by atoms with Gasteiger partial charge in [-0.05, 0) is 63.0 Å². The Hall–Kier alpha value is -2.06. The quantitative estimate of drug-likeness (QED) is 0.414. The maximum Gasteiger partial charge on any atom is 0.407 e. The third-order valence-corrected chi connectivity index (χ3v) is 10.3. The zero-order valence-corrected chi connectivity index (χ0v) is 22.5. The molecule has 4 aliphatic rings. The van der Waals surface area contributed by atoms with Crippen molar-refractivity contribution in [3.8, 4) is 0 Å². The smallest absolute Gasteiger partial charge is 0.407 e. The van der Waals surface area contributed by atoms with E-state index in [1.807, 2.05) is 0 Å². The van der Waals surface area contributed by atoms with Gasteiger partial charge in [-0.3, -0.25) is 9.59 Å². The summed E-state index contributed by atoms with van der Waals surface area (Å²) >= 11 is 0. The van der Waals surface area contributed by atoms with Gasteiger partial charge in [-0.2, -0.15) is 0 Å². The number of hydrogen-bond acceptors (Lipinski definition) is 6. The second-order valence-electron chi connectivity index (χ2n) is 12.2. The van der Waals surface area contributed by atoms with Crippen LogP contribution in [-0.2, 0) is 14.3 Å². The summed E-state index contributed by atoms with van der Waals surface area (Å²) in [7, 11) is 0. The molecule has 0 aromatic carbocycles. The number of Topliss-reactive ketones (excluding diaryl/α,β-unsaturated/α-hetero) is 1. The number of fused-ring (bicyclic) bond motifs is 5. The number of rotatable bonds is 8. The predicted octanol–water partition coefficient (Wildman–Crippen LogP) is 4.21. The third-order valence-electron chi connectivity index (χ3n) is 10.3. The number of nitrogens with one attached hydrogen (secondary N) is 1. The number of aliphatic hydroxyl groups is 2. The summed E-state index contributed by atoms with van der Waals surface area (Å²) in [6.45, 7) is 7.25. The van der Waals surface area contributed by atoms with Crippen molar-refractivity contribution < 1.29 is 33.7 Å². The Balaban J connectivity index is 1.52. The van der Waals surface area contributed by atoms with Crippen LogP contribution in [0.4, 0.5) is 9.18 Å². The lowest BCUT2D eigenvalue weighted by atomic mass is 9.44. The highest BCUT2D eigenvalue weighted by Gasteiger charge is 2.75. The number of ether oxygens (including phenoxy) is 1. The molecule has 0 aromatic heterocycles. The summed E-state index contributed by atoms with van der Waals surface area (Å²) in [5.41, 5.74) is -5.42. The molecule has 8 heteroatoms. The standard InChI is InChI=1S/C29H42FNO6/c1-5-6-7-8-13-31-25(35)37-17-24(34)29(36)18(2)14-22-21-10-9-19-15-20(32)11-12-26(19,3)28(21,30)23(33)16-27(22,29)4/h11-12,15,18,21-23,33,36H,5-10,13-14,16-17H2,1-4H3,(H,31,35)/t18-,21?,22?,23+,26+,27+,28+,29+/m1/s1. The van der Waals surface area contributed by atoms with E-state index in [4.69, 9.17) is 4.74 Å². The van der Waals surface area contributed by atoms with Gasteiger partial charge in [0.1, 0.15) is 5.60 Å². The zero-order valence-electron chi connectivity index (χ0n) is 22.5. The van der Waals surface area contributed by atoms with Crippen LogP contribution in [0.1, 0.15) is 79.1 Å². The van der Waals surface area contributed by atoms with E-state index < -0.39 is 58.5 Å². The van der Waals surface area contributed by atoms with Gasteiger partial charge in [-0.1, -0.05) is 51.7 Å². The first kappa shape index (κ1) is 28.0. The van der Waals surface area contributed by atoms with Gasteiger partial charge in [0.05, 0.1) is 6.10 Å². The van der Waals surface area contributed by atoms with Crippen LogP contribution in [0.5, 0.6) is 0 Å². The summed E-state index contributed by atoms with van der Waals surface area (Å²) in [5, 5.41) is 26.0. The molecule has 4 rings (SSSR count). The SMILES string of the molecule is CCCCCCNC(=O)OCC(=O)[C@@]1(O)[C@H](C)CC2C3CCC4=CC(=O)C=C[C@]4(C)[C@@]3(F)[C@@H](O)C[C@@]21C. The van der Waals surface area contributed by atoms with E-state index in [9.17, 15) is 24.6 Å². The predicted molar refractivity (Wildman–Crippen MR) is 136 cm³/mol. The fraction of sp³-hybridized carbons (Fsp3) is 0.759. The average molecular weight is 520 g/mol. The van der Waals surface area contributed by atoms with Gasteiger partial charge >= 0.3 is 6.09 Å². The molecule has 8 atom stereocenters. The van der Waals surface area contributed by atoms with Gasteiger partial charge in [-0.15, -0.1) is 0 Å². The lowest BCUT2D eigenvalue weighted by molar-refractivity contribution is -0.219. The van der Waals surface area contributed by atoms with E-state index in [2.05, 4.69) is 12.2 Å². The van der Waals surface area contributed by atoms with E-state index in [0.717, 1.165) is 25.7 Å². The van der Waals surface area contributed by atoms with Crippen LogP contribution in [0.25, 0.3) is 0 Å². The molecule has 3 fully saturated rings. The molecule has 0 spiro atoms. The second kappa shape index (κ2) is 9.92. The van der Waals surface area contributed by atoms with Crippen molar-refractivity contribution in [1.82, 2.24) is 5.32 Å². The largest absolute Gasteiger partial charge is 0.441 e. The number of aliphatic hydroxyl groups excluding tert-OH is 1. The highest BCUT2D eigenvalue weighted by atomic mass is 19.1. The minimum atomic E-state index is -2.03. The normalized spacial score (nSPS) is 42.4. The summed E-state index contributed by atoms with van der Waals surface area (Å²) < 4.78 is 22.4. The summed E-state index contributed by atoms with van der Waals surface area (Å²) in [5.74, 6) is -2.25. The first-order valence-corrected chi connectivity index (χ1v) is 13.8. The molecule has 206 valence electrons. The minimum absolute atomic E-state index is 0.106. The Morgan fingerprint density at radius 3 is 2.65 bits per heavy atom. The summed E-state index contributed by atoms with van der Waals surface area (Å²) in [6, 6.07) is 0. The van der Waals surface area contributed by atoms with Crippen LogP contribution < -0.4 is 5.32 Å². The third kappa shape index (κ3) is 4.10. The highest BCUT2D eigenvalue weighted by molar-refractivity contribution is 6.01. The fourth-order valence-corrected chi connectivity index (χ4v) is 8.17. The van der Waals surface area contributed by atoms with Gasteiger partial charge in [0.25, 0.3) is 0 Å². The van der Waals surface area contributed by atoms with Crippen molar-refractivity contribution >= 4 is 17.7 Å².